The number of rotatable bonds is 4. The molecule has 1 fully saturated rings. The van der Waals surface area contributed by atoms with Gasteiger partial charge in [0.15, 0.2) is 5.69 Å². The molecule has 1 aliphatic rings. The molecule has 1 aromatic carbocycles. The van der Waals surface area contributed by atoms with Gasteiger partial charge >= 0.3 is 5.97 Å². The minimum atomic E-state index is -0.395. The van der Waals surface area contributed by atoms with Crippen LogP contribution in [0, 0.1) is 0 Å². The summed E-state index contributed by atoms with van der Waals surface area (Å²) in [5.74, 6) is -0.395. The van der Waals surface area contributed by atoms with Crippen molar-refractivity contribution >= 4 is 22.6 Å². The van der Waals surface area contributed by atoms with Gasteiger partial charge in [0.1, 0.15) is 5.69 Å². The topological polar surface area (TPSA) is 70.0 Å². The molecule has 0 saturated carbocycles. The van der Waals surface area contributed by atoms with Gasteiger partial charge in [0.05, 0.1) is 6.61 Å². The molecule has 0 amide bonds. The highest BCUT2D eigenvalue weighted by molar-refractivity contribution is 6.04. The lowest BCUT2D eigenvalue weighted by atomic mass is 10.2. The van der Waals surface area contributed by atoms with Crippen molar-refractivity contribution in [1.82, 2.24) is 9.99 Å². The molecule has 6 heteroatoms. The quantitative estimate of drug-likeness (QED) is 0.678. The van der Waals surface area contributed by atoms with E-state index in [1.165, 1.54) is 12.8 Å². The molecular formula is C17H22N4O2. The second-order valence-corrected chi connectivity index (χ2v) is 5.67. The van der Waals surface area contributed by atoms with Gasteiger partial charge in [-0.1, -0.05) is 36.3 Å². The number of nitrogens with one attached hydrogen (secondary N) is 1. The number of esters is 1. The molecule has 2 heterocycles. The van der Waals surface area contributed by atoms with E-state index in [2.05, 4.69) is 15.3 Å². The standard InChI is InChI=1S/C17H22N4O2/c1-2-23-17(22)16-15(13-9-5-6-10-14(13)18-16)19-20-21-11-7-3-4-8-12-21/h5-6,9-10,18H,2-4,7-8,11-12H2,1H3. The van der Waals surface area contributed by atoms with E-state index in [1.807, 2.05) is 29.3 Å². The van der Waals surface area contributed by atoms with Crippen LogP contribution >= 0.6 is 0 Å². The van der Waals surface area contributed by atoms with Crippen molar-refractivity contribution in [3.05, 3.63) is 30.0 Å². The zero-order valence-electron chi connectivity index (χ0n) is 13.4. The summed E-state index contributed by atoms with van der Waals surface area (Å²) in [6.07, 6.45) is 4.76. The summed E-state index contributed by atoms with van der Waals surface area (Å²) in [7, 11) is 0. The molecule has 1 aliphatic heterocycles. The van der Waals surface area contributed by atoms with Crippen LogP contribution in [0.2, 0.25) is 0 Å². The van der Waals surface area contributed by atoms with Crippen LogP contribution in [0.25, 0.3) is 10.9 Å². The van der Waals surface area contributed by atoms with E-state index >= 15 is 0 Å². The zero-order chi connectivity index (χ0) is 16.1. The highest BCUT2D eigenvalue weighted by Gasteiger charge is 2.19. The number of aromatic amines is 1. The third-order valence-electron chi connectivity index (χ3n) is 4.01. The van der Waals surface area contributed by atoms with Crippen LogP contribution in [0.15, 0.2) is 34.6 Å². The number of carbonyl (C=O) groups excluding carboxylic acids is 1. The summed E-state index contributed by atoms with van der Waals surface area (Å²) < 4.78 is 5.12. The van der Waals surface area contributed by atoms with Crippen LogP contribution < -0.4 is 0 Å². The molecule has 1 N–H and O–H groups in total. The molecule has 23 heavy (non-hydrogen) atoms. The molecule has 6 nitrogen and oxygen atoms in total. The number of benzene rings is 1. The maximum absolute atomic E-state index is 12.2. The molecule has 1 saturated heterocycles. The van der Waals surface area contributed by atoms with Gasteiger partial charge in [-0.2, -0.15) is 0 Å². The van der Waals surface area contributed by atoms with Crippen molar-refractivity contribution in [2.75, 3.05) is 19.7 Å². The number of fused-ring (bicyclic) bond motifs is 1. The van der Waals surface area contributed by atoms with Crippen LogP contribution in [-0.2, 0) is 4.74 Å². The fourth-order valence-corrected chi connectivity index (χ4v) is 2.83. The molecule has 0 spiro atoms. The smallest absolute Gasteiger partial charge is 0.357 e. The average molecular weight is 314 g/mol. The molecule has 0 unspecified atom stereocenters. The fraction of sp³-hybridized carbons (Fsp3) is 0.471. The van der Waals surface area contributed by atoms with Gasteiger partial charge in [-0.05, 0) is 25.8 Å². The summed E-state index contributed by atoms with van der Waals surface area (Å²) >= 11 is 0. The molecule has 3 rings (SSSR count). The summed E-state index contributed by atoms with van der Waals surface area (Å²) in [5, 5.41) is 11.6. The SMILES string of the molecule is CCOC(=O)c1[nH]c2ccccc2c1N=NN1CCCCCC1. The van der Waals surface area contributed by atoms with E-state index in [0.717, 1.165) is 36.8 Å². The van der Waals surface area contributed by atoms with Gasteiger partial charge < -0.3 is 9.72 Å². The Hall–Kier alpha value is -2.37. The summed E-state index contributed by atoms with van der Waals surface area (Å²) in [6.45, 7) is 3.96. The summed E-state index contributed by atoms with van der Waals surface area (Å²) in [4.78, 5) is 15.3. The van der Waals surface area contributed by atoms with E-state index in [9.17, 15) is 4.79 Å². The van der Waals surface area contributed by atoms with E-state index in [0.29, 0.717) is 18.0 Å². The van der Waals surface area contributed by atoms with Crippen LogP contribution in [0.5, 0.6) is 0 Å². The first kappa shape index (κ1) is 15.5. The molecule has 0 bridgehead atoms. The van der Waals surface area contributed by atoms with Crippen molar-refractivity contribution in [3.8, 4) is 0 Å². The minimum Gasteiger partial charge on any atom is -0.461 e. The number of para-hydroxylation sites is 1. The Morgan fingerprint density at radius 1 is 1.22 bits per heavy atom. The molecule has 1 aromatic heterocycles. The lowest BCUT2D eigenvalue weighted by Crippen LogP contribution is -2.17. The maximum Gasteiger partial charge on any atom is 0.357 e. The maximum atomic E-state index is 12.2. The van der Waals surface area contributed by atoms with Crippen LogP contribution in [0.4, 0.5) is 5.69 Å². The largest absolute Gasteiger partial charge is 0.461 e. The number of carbonyl (C=O) groups is 1. The van der Waals surface area contributed by atoms with E-state index in [4.69, 9.17) is 4.74 Å². The van der Waals surface area contributed by atoms with Crippen LogP contribution in [0.3, 0.4) is 0 Å². The van der Waals surface area contributed by atoms with Crippen LogP contribution in [-0.4, -0.2) is 35.7 Å². The predicted octanol–water partition coefficient (Wildman–Crippen LogP) is 4.22. The fourth-order valence-electron chi connectivity index (χ4n) is 2.83. The first-order valence-electron chi connectivity index (χ1n) is 8.24. The van der Waals surface area contributed by atoms with Crippen LogP contribution in [0.1, 0.15) is 43.1 Å². The number of H-pyrrole nitrogens is 1. The highest BCUT2D eigenvalue weighted by atomic mass is 16.5. The Bertz CT molecular complexity index is 700. The molecular weight excluding hydrogens is 292 g/mol. The van der Waals surface area contributed by atoms with Crippen molar-refractivity contribution in [1.29, 1.82) is 0 Å². The second kappa shape index (κ2) is 7.26. The molecule has 0 aliphatic carbocycles. The van der Waals surface area contributed by atoms with E-state index in [1.54, 1.807) is 6.92 Å². The molecule has 0 radical (unpaired) electrons. The van der Waals surface area contributed by atoms with Gasteiger partial charge in [0, 0.05) is 24.0 Å². The summed E-state index contributed by atoms with van der Waals surface area (Å²) in [5.41, 5.74) is 1.79. The van der Waals surface area contributed by atoms with E-state index in [-0.39, 0.29) is 0 Å². The van der Waals surface area contributed by atoms with Crippen molar-refractivity contribution in [3.63, 3.8) is 0 Å². The minimum absolute atomic E-state index is 0.330. The monoisotopic (exact) mass is 314 g/mol. The van der Waals surface area contributed by atoms with Gasteiger partial charge in [0.25, 0.3) is 0 Å². The van der Waals surface area contributed by atoms with Gasteiger partial charge in [0.2, 0.25) is 0 Å². The van der Waals surface area contributed by atoms with Crippen molar-refractivity contribution in [2.24, 2.45) is 10.3 Å². The molecule has 0 atom stereocenters. The lowest BCUT2D eigenvalue weighted by molar-refractivity contribution is 0.0521. The third kappa shape index (κ3) is 3.52. The Morgan fingerprint density at radius 2 is 1.96 bits per heavy atom. The zero-order valence-corrected chi connectivity index (χ0v) is 13.4. The Morgan fingerprint density at radius 3 is 2.70 bits per heavy atom. The second-order valence-electron chi connectivity index (χ2n) is 5.67. The number of hydrogen-bond acceptors (Lipinski definition) is 4. The van der Waals surface area contributed by atoms with Gasteiger partial charge in [-0.3, -0.25) is 5.01 Å². The predicted molar refractivity (Wildman–Crippen MR) is 88.8 cm³/mol. The number of aromatic nitrogens is 1. The normalized spacial score (nSPS) is 16.0. The van der Waals surface area contributed by atoms with Crippen molar-refractivity contribution in [2.45, 2.75) is 32.6 Å². The Labute approximate surface area is 135 Å². The van der Waals surface area contributed by atoms with Gasteiger partial charge in [-0.25, -0.2) is 4.79 Å². The lowest BCUT2D eigenvalue weighted by Gasteiger charge is -2.13. The van der Waals surface area contributed by atoms with Gasteiger partial charge in [-0.15, -0.1) is 5.11 Å². The molecule has 2 aromatic rings. The number of ether oxygens (including phenoxy) is 1. The highest BCUT2D eigenvalue weighted by Crippen LogP contribution is 2.31. The molecule has 122 valence electrons. The number of nitrogens with zero attached hydrogens (tertiary/aromatic N) is 3. The Balaban J connectivity index is 1.93. The average Bonchev–Trinajstić information content (AvgIpc) is 2.74. The first-order valence-corrected chi connectivity index (χ1v) is 8.24. The van der Waals surface area contributed by atoms with E-state index < -0.39 is 5.97 Å². The number of hydrogen-bond donors (Lipinski definition) is 1. The Kier molecular flexibility index (Phi) is 4.90. The first-order chi connectivity index (χ1) is 11.3. The summed E-state index contributed by atoms with van der Waals surface area (Å²) in [6, 6.07) is 7.70. The third-order valence-corrected chi connectivity index (χ3v) is 4.01. The van der Waals surface area contributed by atoms with Crippen molar-refractivity contribution < 1.29 is 9.53 Å².